The minimum absolute atomic E-state index is 0.381. The molecule has 0 aromatic carbocycles. The molecule has 1 saturated heterocycles. The molecule has 3 heteroatoms. The predicted octanol–water partition coefficient (Wildman–Crippen LogP) is 2.89. The Balaban J connectivity index is 2.87. The van der Waals surface area contributed by atoms with Crippen molar-refractivity contribution in [2.75, 3.05) is 14.2 Å². The van der Waals surface area contributed by atoms with E-state index in [2.05, 4.69) is 32.8 Å². The van der Waals surface area contributed by atoms with Crippen LogP contribution in [0.3, 0.4) is 0 Å². The quantitative estimate of drug-likeness (QED) is 0.715. The molecule has 84 valence electrons. The van der Waals surface area contributed by atoms with Gasteiger partial charge in [-0.1, -0.05) is 33.6 Å². The molecule has 1 N–H and O–H groups in total. The van der Waals surface area contributed by atoms with Gasteiger partial charge in [0.15, 0.2) is 0 Å². The second kappa shape index (κ2) is 4.33. The van der Waals surface area contributed by atoms with Crippen LogP contribution < -0.4 is 4.98 Å². The fourth-order valence-electron chi connectivity index (χ4n) is 2.92. The summed E-state index contributed by atoms with van der Waals surface area (Å²) in [6.45, 7) is 7.04. The summed E-state index contributed by atoms with van der Waals surface area (Å²) in [7, 11) is 2.33. The third-order valence-corrected chi connectivity index (χ3v) is 8.64. The van der Waals surface area contributed by atoms with E-state index in [1.54, 1.807) is 0 Å². The van der Waals surface area contributed by atoms with E-state index < -0.39 is 8.48 Å². The van der Waals surface area contributed by atoms with E-state index in [0.717, 1.165) is 5.54 Å². The first kappa shape index (κ1) is 12.2. The summed E-state index contributed by atoms with van der Waals surface area (Å²) in [6, 6.07) is 1.28. The largest absolute Gasteiger partial charge is 0.406 e. The Morgan fingerprint density at radius 1 is 1.29 bits per heavy atom. The van der Waals surface area contributed by atoms with Crippen molar-refractivity contribution in [3.8, 4) is 0 Å². The number of nitrogens with one attached hydrogen (secondary N) is 1. The van der Waals surface area contributed by atoms with Crippen molar-refractivity contribution in [2.24, 2.45) is 5.41 Å². The van der Waals surface area contributed by atoms with Crippen LogP contribution in [0.5, 0.6) is 0 Å². The van der Waals surface area contributed by atoms with Gasteiger partial charge >= 0.3 is 0 Å². The molecule has 1 heterocycles. The Morgan fingerprint density at radius 2 is 1.93 bits per heavy atom. The first-order valence-electron chi connectivity index (χ1n) is 5.70. The average molecular weight is 215 g/mol. The maximum atomic E-state index is 5.89. The van der Waals surface area contributed by atoms with E-state index in [9.17, 15) is 0 Å². The highest BCUT2D eigenvalue weighted by Crippen LogP contribution is 2.47. The van der Waals surface area contributed by atoms with Crippen molar-refractivity contribution in [3.63, 3.8) is 0 Å². The highest BCUT2D eigenvalue weighted by Gasteiger charge is 2.48. The molecular weight excluding hydrogens is 190 g/mol. The number of hydrogen-bond acceptors (Lipinski definition) is 2. The molecule has 0 aromatic heterocycles. The van der Waals surface area contributed by atoms with Crippen LogP contribution in [0.15, 0.2) is 0 Å². The van der Waals surface area contributed by atoms with Crippen LogP contribution in [0.25, 0.3) is 0 Å². The lowest BCUT2D eigenvalue weighted by molar-refractivity contribution is 0.265. The lowest BCUT2D eigenvalue weighted by Gasteiger charge is -2.46. The van der Waals surface area contributed by atoms with Gasteiger partial charge in [-0.15, -0.1) is 0 Å². The number of hydrogen-bond donors (Lipinski definition) is 1. The van der Waals surface area contributed by atoms with E-state index in [0.29, 0.717) is 5.41 Å². The maximum absolute atomic E-state index is 5.89. The smallest absolute Gasteiger partial charge is 0.271 e. The lowest BCUT2D eigenvalue weighted by atomic mass is 9.88. The second-order valence-electron chi connectivity index (χ2n) is 5.51. The molecule has 0 aliphatic carbocycles. The van der Waals surface area contributed by atoms with Gasteiger partial charge in [-0.2, -0.15) is 0 Å². The van der Waals surface area contributed by atoms with E-state index in [1.165, 1.54) is 25.3 Å². The van der Waals surface area contributed by atoms with Crippen molar-refractivity contribution < 1.29 is 4.43 Å². The van der Waals surface area contributed by atoms with E-state index >= 15 is 0 Å². The van der Waals surface area contributed by atoms with Crippen LogP contribution in [0.2, 0.25) is 11.6 Å². The topological polar surface area (TPSA) is 21.3 Å². The highest BCUT2D eigenvalue weighted by atomic mass is 28.4. The van der Waals surface area contributed by atoms with Gasteiger partial charge in [0.2, 0.25) is 0 Å². The van der Waals surface area contributed by atoms with Crippen molar-refractivity contribution in [1.29, 1.82) is 0 Å². The molecular formula is C11H25NOSi. The summed E-state index contributed by atoms with van der Waals surface area (Å²) in [5.41, 5.74) is 1.13. The second-order valence-corrected chi connectivity index (χ2v) is 9.39. The van der Waals surface area contributed by atoms with Crippen molar-refractivity contribution in [3.05, 3.63) is 0 Å². The standard InChI is InChI=1S/C11H25NOSi/c1-11(2,3)10-8-6-7-9-14(10,12-4)13-5/h10,12H,6-9H2,1-5H3. The van der Waals surface area contributed by atoms with Crippen molar-refractivity contribution in [1.82, 2.24) is 4.98 Å². The zero-order chi connectivity index (χ0) is 10.8. The highest BCUT2D eigenvalue weighted by molar-refractivity contribution is 6.73. The molecule has 0 radical (unpaired) electrons. The summed E-state index contributed by atoms with van der Waals surface area (Å²) >= 11 is 0. The Hall–Kier alpha value is 0.137. The van der Waals surface area contributed by atoms with Crippen LogP contribution in [0, 0.1) is 5.41 Å². The number of rotatable bonds is 2. The minimum Gasteiger partial charge on any atom is -0.406 e. The third-order valence-electron chi connectivity index (χ3n) is 3.69. The van der Waals surface area contributed by atoms with Gasteiger partial charge < -0.3 is 9.41 Å². The molecule has 0 bridgehead atoms. The summed E-state index contributed by atoms with van der Waals surface area (Å²) in [5.74, 6) is 0. The molecule has 1 aliphatic heterocycles. The summed E-state index contributed by atoms with van der Waals surface area (Å²) in [5, 5.41) is 0. The molecule has 2 nitrogen and oxygen atoms in total. The SMILES string of the molecule is CN[Si]1(OC)CCCCC1C(C)(C)C. The monoisotopic (exact) mass is 215 g/mol. The summed E-state index contributed by atoms with van der Waals surface area (Å²) in [4.78, 5) is 3.54. The molecule has 1 fully saturated rings. The van der Waals surface area contributed by atoms with Crippen LogP contribution in [-0.4, -0.2) is 22.6 Å². The fourth-order valence-corrected chi connectivity index (χ4v) is 7.41. The first-order valence-corrected chi connectivity index (χ1v) is 7.89. The zero-order valence-corrected chi connectivity index (χ0v) is 11.3. The zero-order valence-electron chi connectivity index (χ0n) is 10.3. The Labute approximate surface area is 89.6 Å². The predicted molar refractivity (Wildman–Crippen MR) is 63.7 cm³/mol. The van der Waals surface area contributed by atoms with Gasteiger partial charge in [0.25, 0.3) is 8.48 Å². The fraction of sp³-hybridized carbons (Fsp3) is 1.00. The van der Waals surface area contributed by atoms with Crippen LogP contribution >= 0.6 is 0 Å². The van der Waals surface area contributed by atoms with Crippen molar-refractivity contribution in [2.45, 2.75) is 51.6 Å². The van der Waals surface area contributed by atoms with Gasteiger partial charge in [-0.3, -0.25) is 0 Å². The summed E-state index contributed by atoms with van der Waals surface area (Å²) in [6.07, 6.45) is 4.06. The molecule has 2 unspecified atom stereocenters. The first-order chi connectivity index (χ1) is 6.46. The molecule has 0 saturated carbocycles. The van der Waals surface area contributed by atoms with Crippen LogP contribution in [-0.2, 0) is 4.43 Å². The average Bonchev–Trinajstić information content (AvgIpc) is 2.16. The Bertz CT molecular complexity index is 184. The van der Waals surface area contributed by atoms with Crippen LogP contribution in [0.4, 0.5) is 0 Å². The van der Waals surface area contributed by atoms with E-state index in [1.807, 2.05) is 7.11 Å². The molecule has 1 aliphatic rings. The maximum Gasteiger partial charge on any atom is 0.271 e. The Kier molecular flexibility index (Phi) is 3.78. The van der Waals surface area contributed by atoms with Gasteiger partial charge in [0, 0.05) is 7.11 Å². The van der Waals surface area contributed by atoms with Crippen LogP contribution in [0.1, 0.15) is 40.0 Å². The normalized spacial score (nSPS) is 34.5. The summed E-state index contributed by atoms with van der Waals surface area (Å²) < 4.78 is 5.89. The molecule has 14 heavy (non-hydrogen) atoms. The third kappa shape index (κ3) is 2.20. The van der Waals surface area contributed by atoms with E-state index in [-0.39, 0.29) is 0 Å². The van der Waals surface area contributed by atoms with Gasteiger partial charge in [0.05, 0.1) is 0 Å². The van der Waals surface area contributed by atoms with Gasteiger partial charge in [-0.05, 0) is 30.5 Å². The lowest BCUT2D eigenvalue weighted by Crippen LogP contribution is -2.59. The minimum atomic E-state index is -1.65. The van der Waals surface area contributed by atoms with Gasteiger partial charge in [0.1, 0.15) is 0 Å². The molecule has 0 amide bonds. The van der Waals surface area contributed by atoms with Gasteiger partial charge in [-0.25, -0.2) is 0 Å². The molecule has 0 aromatic rings. The Morgan fingerprint density at radius 3 is 2.29 bits per heavy atom. The molecule has 2 atom stereocenters. The van der Waals surface area contributed by atoms with Crippen molar-refractivity contribution >= 4 is 8.48 Å². The molecule has 1 rings (SSSR count). The van der Waals surface area contributed by atoms with E-state index in [4.69, 9.17) is 4.43 Å². The molecule has 0 spiro atoms.